The number of rotatable bonds is 5. The summed E-state index contributed by atoms with van der Waals surface area (Å²) in [7, 11) is 2.55. The van der Waals surface area contributed by atoms with E-state index in [1.165, 1.54) is 37.3 Å². The van der Waals surface area contributed by atoms with Gasteiger partial charge in [0.05, 0.1) is 24.2 Å². The van der Waals surface area contributed by atoms with Crippen molar-refractivity contribution in [3.8, 4) is 0 Å². The molecule has 0 aliphatic carbocycles. The molecule has 4 rings (SSSR count). The molecule has 2 aromatic rings. The van der Waals surface area contributed by atoms with Crippen LogP contribution in [0, 0.1) is 24.6 Å². The highest BCUT2D eigenvalue weighted by Crippen LogP contribution is 2.39. The molecule has 2 aliphatic rings. The van der Waals surface area contributed by atoms with Crippen molar-refractivity contribution in [2.45, 2.75) is 51.0 Å². The molecule has 2 heterocycles. The zero-order valence-electron chi connectivity index (χ0n) is 25.0. The maximum Gasteiger partial charge on any atom is 0.416 e. The number of halogens is 7. The molecule has 14 heteroatoms. The fourth-order valence-electron chi connectivity index (χ4n) is 6.30. The molecule has 2 aromatic carbocycles. The molecule has 0 N–H and O–H groups in total. The number of benzene rings is 2. The maximum absolute atomic E-state index is 14.0. The van der Waals surface area contributed by atoms with Crippen LogP contribution in [-0.4, -0.2) is 72.9 Å². The van der Waals surface area contributed by atoms with Gasteiger partial charge in [0.25, 0.3) is 0 Å². The van der Waals surface area contributed by atoms with E-state index in [1.807, 2.05) is 0 Å². The predicted octanol–water partition coefficient (Wildman–Crippen LogP) is 6.24. The highest BCUT2D eigenvalue weighted by molar-refractivity contribution is 5.83. The summed E-state index contributed by atoms with van der Waals surface area (Å²) in [5.74, 6) is -3.17. The molecule has 0 spiro atoms. The number of aryl methyl sites for hydroxylation is 1. The normalized spacial score (nSPS) is 21.0. The third-order valence-electron chi connectivity index (χ3n) is 8.52. The Morgan fingerprint density at radius 2 is 1.56 bits per heavy atom. The molecule has 0 aromatic heterocycles. The van der Waals surface area contributed by atoms with Crippen molar-refractivity contribution >= 4 is 17.9 Å². The molecule has 3 amide bonds. The second kappa shape index (κ2) is 13.3. The van der Waals surface area contributed by atoms with Gasteiger partial charge in [-0.25, -0.2) is 9.18 Å². The minimum absolute atomic E-state index is 0.0299. The number of likely N-dealkylation sites (tertiary alicyclic amines) is 2. The Morgan fingerprint density at radius 1 is 0.911 bits per heavy atom. The van der Waals surface area contributed by atoms with Gasteiger partial charge in [-0.3, -0.25) is 9.59 Å². The van der Waals surface area contributed by atoms with E-state index in [9.17, 15) is 45.1 Å². The van der Waals surface area contributed by atoms with Crippen molar-refractivity contribution in [1.29, 1.82) is 0 Å². The smallest absolute Gasteiger partial charge is 0.416 e. The van der Waals surface area contributed by atoms with Crippen molar-refractivity contribution < 1.29 is 49.9 Å². The lowest BCUT2D eigenvalue weighted by molar-refractivity contribution is -0.144. The summed E-state index contributed by atoms with van der Waals surface area (Å²) in [5.41, 5.74) is -2.18. The van der Waals surface area contributed by atoms with E-state index in [1.54, 1.807) is 11.8 Å². The zero-order valence-corrected chi connectivity index (χ0v) is 25.0. The lowest BCUT2D eigenvalue weighted by atomic mass is 9.77. The van der Waals surface area contributed by atoms with E-state index < -0.39 is 65.6 Å². The maximum atomic E-state index is 14.0. The lowest BCUT2D eigenvalue weighted by Crippen LogP contribution is -2.52. The molecule has 2 aliphatic heterocycles. The fraction of sp³-hybridized carbons (Fsp3) is 0.516. The Hall–Kier alpha value is -3.84. The number of amides is 3. The number of hydrogen-bond acceptors (Lipinski definition) is 4. The van der Waals surface area contributed by atoms with Crippen LogP contribution in [0.25, 0.3) is 0 Å². The van der Waals surface area contributed by atoms with Gasteiger partial charge in [-0.1, -0.05) is 6.07 Å². The SMILES string of the molecule is COC(=O)N1CCCC(C(=O)N2CC[C@@H](C(=O)N(C)Cc3cc(C(F)(F)F)cc(C(F)(F)F)c3)[C@H](c3ccc(F)cc3C)C2)C1. The first kappa shape index (κ1) is 34.0. The summed E-state index contributed by atoms with van der Waals surface area (Å²) in [6.45, 7) is 1.99. The van der Waals surface area contributed by atoms with Crippen LogP contribution in [0.1, 0.15) is 53.0 Å². The summed E-state index contributed by atoms with van der Waals surface area (Å²) in [4.78, 5) is 43.6. The molecule has 246 valence electrons. The second-order valence-electron chi connectivity index (χ2n) is 11.7. The zero-order chi connectivity index (χ0) is 33.3. The standard InChI is InChI=1S/C31H34F7N3O4/c1-18-11-23(32)6-7-24(18)26-17-40(27(42)20-5-4-9-41(16-20)29(44)45-3)10-8-25(26)28(43)39(2)15-19-12-21(30(33,34)35)14-22(13-19)31(36,37)38/h6-7,11-14,20,25-26H,4-5,8-10,15-17H2,1-3H3/t20?,25-,26+/m1/s1. The second-order valence-corrected chi connectivity index (χ2v) is 11.7. The van der Waals surface area contributed by atoms with Crippen LogP contribution in [0.3, 0.4) is 0 Å². The summed E-state index contributed by atoms with van der Waals surface area (Å²) in [6, 6.07) is 5.24. The first-order valence-corrected chi connectivity index (χ1v) is 14.4. The molecule has 0 radical (unpaired) electrons. The van der Waals surface area contributed by atoms with E-state index >= 15 is 0 Å². The molecule has 3 atom stereocenters. The van der Waals surface area contributed by atoms with Gasteiger partial charge in [-0.2, -0.15) is 26.3 Å². The van der Waals surface area contributed by atoms with Gasteiger partial charge in [0.15, 0.2) is 0 Å². The molecule has 45 heavy (non-hydrogen) atoms. The Balaban J connectivity index is 1.59. The number of hydrogen-bond donors (Lipinski definition) is 0. The first-order chi connectivity index (χ1) is 21.0. The Bertz CT molecular complexity index is 1400. The van der Waals surface area contributed by atoms with Gasteiger partial charge in [-0.15, -0.1) is 0 Å². The van der Waals surface area contributed by atoms with Gasteiger partial charge in [0.2, 0.25) is 11.8 Å². The van der Waals surface area contributed by atoms with E-state index in [4.69, 9.17) is 4.74 Å². The highest BCUT2D eigenvalue weighted by atomic mass is 19.4. The van der Waals surface area contributed by atoms with Crippen LogP contribution in [0.4, 0.5) is 35.5 Å². The van der Waals surface area contributed by atoms with Crippen molar-refractivity contribution in [3.63, 3.8) is 0 Å². The summed E-state index contributed by atoms with van der Waals surface area (Å²) < 4.78 is 99.3. The molecular formula is C31H34F7N3O4. The monoisotopic (exact) mass is 645 g/mol. The molecular weight excluding hydrogens is 611 g/mol. The molecule has 7 nitrogen and oxygen atoms in total. The topological polar surface area (TPSA) is 70.2 Å². The Kier molecular flexibility index (Phi) is 10.0. The van der Waals surface area contributed by atoms with Crippen molar-refractivity contribution in [2.24, 2.45) is 11.8 Å². The van der Waals surface area contributed by atoms with Gasteiger partial charge >= 0.3 is 18.4 Å². The van der Waals surface area contributed by atoms with Crippen LogP contribution in [0.2, 0.25) is 0 Å². The molecule has 2 saturated heterocycles. The third kappa shape index (κ3) is 7.88. The number of methoxy groups -OCH3 is 1. The Labute approximate surface area is 255 Å². The molecule has 1 unspecified atom stereocenters. The van der Waals surface area contributed by atoms with Gasteiger partial charge in [-0.05, 0) is 73.2 Å². The summed E-state index contributed by atoms with van der Waals surface area (Å²) in [5, 5.41) is 0. The number of ether oxygens (including phenoxy) is 1. The minimum Gasteiger partial charge on any atom is -0.453 e. The van der Waals surface area contributed by atoms with E-state index in [0.29, 0.717) is 42.6 Å². The largest absolute Gasteiger partial charge is 0.453 e. The quantitative estimate of drug-likeness (QED) is 0.361. The van der Waals surface area contributed by atoms with Crippen LogP contribution < -0.4 is 0 Å². The van der Waals surface area contributed by atoms with Gasteiger partial charge in [0.1, 0.15) is 5.82 Å². The fourth-order valence-corrected chi connectivity index (χ4v) is 6.30. The Morgan fingerprint density at radius 3 is 2.13 bits per heavy atom. The lowest BCUT2D eigenvalue weighted by Gasteiger charge is -2.42. The van der Waals surface area contributed by atoms with Crippen LogP contribution in [-0.2, 0) is 33.2 Å². The molecule has 0 saturated carbocycles. The predicted molar refractivity (Wildman–Crippen MR) is 148 cm³/mol. The minimum atomic E-state index is -5.03. The van der Waals surface area contributed by atoms with Gasteiger partial charge in [0, 0.05) is 51.6 Å². The molecule has 2 fully saturated rings. The first-order valence-electron chi connectivity index (χ1n) is 14.4. The number of piperidine rings is 2. The number of carbonyl (C=O) groups excluding carboxylic acids is 3. The van der Waals surface area contributed by atoms with Crippen LogP contribution in [0.15, 0.2) is 36.4 Å². The van der Waals surface area contributed by atoms with Crippen LogP contribution in [0.5, 0.6) is 0 Å². The number of nitrogens with zero attached hydrogens (tertiary/aromatic N) is 3. The highest BCUT2D eigenvalue weighted by Gasteiger charge is 2.42. The van der Waals surface area contributed by atoms with E-state index in [-0.39, 0.29) is 43.6 Å². The summed E-state index contributed by atoms with van der Waals surface area (Å²) in [6.07, 6.45) is -9.31. The third-order valence-corrected chi connectivity index (χ3v) is 8.52. The van der Waals surface area contributed by atoms with Crippen molar-refractivity contribution in [1.82, 2.24) is 14.7 Å². The average molecular weight is 646 g/mol. The van der Waals surface area contributed by atoms with Crippen LogP contribution >= 0.6 is 0 Å². The summed E-state index contributed by atoms with van der Waals surface area (Å²) >= 11 is 0. The van der Waals surface area contributed by atoms with Gasteiger partial charge < -0.3 is 19.4 Å². The number of carbonyl (C=O) groups is 3. The van der Waals surface area contributed by atoms with Crippen molar-refractivity contribution in [3.05, 3.63) is 70.0 Å². The number of alkyl halides is 6. The van der Waals surface area contributed by atoms with E-state index in [2.05, 4.69) is 0 Å². The van der Waals surface area contributed by atoms with Crippen molar-refractivity contribution in [2.75, 3.05) is 40.3 Å². The van der Waals surface area contributed by atoms with E-state index in [0.717, 1.165) is 4.90 Å². The molecule has 0 bridgehead atoms. The average Bonchev–Trinajstić information content (AvgIpc) is 2.98.